The number of nitrogens with one attached hydrogen (secondary N) is 1. The van der Waals surface area contributed by atoms with Crippen molar-refractivity contribution < 1.29 is 4.79 Å². The molecule has 5 rings (SSSR count). The first-order valence-corrected chi connectivity index (χ1v) is 14.1. The van der Waals surface area contributed by atoms with Gasteiger partial charge in [-0.1, -0.05) is 19.9 Å². The smallest absolute Gasteiger partial charge is 0.165 e. The normalized spacial score (nSPS) is 15.0. The van der Waals surface area contributed by atoms with Crippen molar-refractivity contribution in [2.24, 2.45) is 0 Å². The number of hydrogen-bond donors (Lipinski definition) is 1. The fourth-order valence-corrected chi connectivity index (χ4v) is 5.69. The molecule has 1 aliphatic rings. The second-order valence-corrected chi connectivity index (χ2v) is 10.4. The van der Waals surface area contributed by atoms with Gasteiger partial charge in [0.25, 0.3) is 0 Å². The largest absolute Gasteiger partial charge is 0.354 e. The molecule has 1 fully saturated rings. The third kappa shape index (κ3) is 5.58. The highest BCUT2D eigenvalue weighted by Gasteiger charge is 2.20. The van der Waals surface area contributed by atoms with Crippen molar-refractivity contribution in [1.82, 2.24) is 29.8 Å². The molecule has 37 heavy (non-hydrogen) atoms. The molecule has 9 heteroatoms. The molecule has 1 N–H and O–H groups in total. The highest BCUT2D eigenvalue weighted by atomic mass is 32.1. The van der Waals surface area contributed by atoms with Gasteiger partial charge in [-0.3, -0.25) is 4.79 Å². The molecule has 0 bridgehead atoms. The molecule has 1 saturated heterocycles. The second-order valence-electron chi connectivity index (χ2n) is 9.48. The molecular weight excluding hydrogens is 482 g/mol. The molecular formula is C28H35N7OS. The molecule has 0 spiro atoms. The fraction of sp³-hybridized carbons (Fsp3) is 0.429. The van der Waals surface area contributed by atoms with Gasteiger partial charge in [-0.15, -0.1) is 11.3 Å². The van der Waals surface area contributed by atoms with Crippen LogP contribution in [0.2, 0.25) is 0 Å². The topological polar surface area (TPSA) is 78.7 Å². The van der Waals surface area contributed by atoms with Gasteiger partial charge in [-0.25, -0.2) is 14.5 Å². The number of carbonyl (C=O) groups excluding carboxylic acids is 1. The molecule has 0 radical (unpaired) electrons. The summed E-state index contributed by atoms with van der Waals surface area (Å²) in [5.74, 6) is 0.996. The van der Waals surface area contributed by atoms with Crippen LogP contribution in [-0.2, 0) is 0 Å². The number of fused-ring (bicyclic) bond motifs is 1. The Labute approximate surface area is 222 Å². The summed E-state index contributed by atoms with van der Waals surface area (Å²) in [6.45, 7) is 12.1. The Morgan fingerprint density at radius 1 is 1.14 bits per heavy atom. The Morgan fingerprint density at radius 3 is 2.68 bits per heavy atom. The number of piperazine rings is 1. The van der Waals surface area contributed by atoms with Crippen LogP contribution in [-0.4, -0.2) is 75.6 Å². The Kier molecular flexibility index (Phi) is 7.93. The van der Waals surface area contributed by atoms with Crippen molar-refractivity contribution in [3.63, 3.8) is 0 Å². The summed E-state index contributed by atoms with van der Waals surface area (Å²) in [6, 6.07) is 10.3. The van der Waals surface area contributed by atoms with Crippen molar-refractivity contribution in [2.45, 2.75) is 39.7 Å². The Hall–Kier alpha value is -3.14. The van der Waals surface area contributed by atoms with E-state index < -0.39 is 0 Å². The lowest BCUT2D eigenvalue weighted by Gasteiger charge is -2.29. The van der Waals surface area contributed by atoms with E-state index in [4.69, 9.17) is 9.97 Å². The van der Waals surface area contributed by atoms with E-state index in [2.05, 4.69) is 52.4 Å². The summed E-state index contributed by atoms with van der Waals surface area (Å²) >= 11 is 1.66. The van der Waals surface area contributed by atoms with Crippen LogP contribution in [0.25, 0.3) is 27.5 Å². The molecule has 0 saturated carbocycles. The van der Waals surface area contributed by atoms with E-state index in [9.17, 15) is 4.79 Å². The Balaban J connectivity index is 1.50. The number of aromatic nitrogens is 4. The minimum absolute atomic E-state index is 0.155. The molecule has 5 heterocycles. The predicted octanol–water partition coefficient (Wildman–Crippen LogP) is 4.62. The van der Waals surface area contributed by atoms with Gasteiger partial charge in [0.05, 0.1) is 28.0 Å². The summed E-state index contributed by atoms with van der Waals surface area (Å²) in [4.78, 5) is 29.2. The van der Waals surface area contributed by atoms with Gasteiger partial charge in [-0.2, -0.15) is 5.10 Å². The van der Waals surface area contributed by atoms with Crippen molar-refractivity contribution >= 4 is 28.6 Å². The van der Waals surface area contributed by atoms with E-state index in [0.717, 1.165) is 79.0 Å². The van der Waals surface area contributed by atoms with Crippen LogP contribution in [0.4, 0.5) is 5.82 Å². The maximum Gasteiger partial charge on any atom is 0.165 e. The summed E-state index contributed by atoms with van der Waals surface area (Å²) < 4.78 is 1.78. The number of rotatable bonds is 10. The quantitative estimate of drug-likeness (QED) is 0.308. The molecule has 194 valence electrons. The first kappa shape index (κ1) is 25.5. The van der Waals surface area contributed by atoms with E-state index in [1.54, 1.807) is 22.0 Å². The van der Waals surface area contributed by atoms with Gasteiger partial charge in [0.15, 0.2) is 11.4 Å². The van der Waals surface area contributed by atoms with E-state index in [1.807, 2.05) is 30.5 Å². The van der Waals surface area contributed by atoms with E-state index in [0.29, 0.717) is 18.0 Å². The predicted molar refractivity (Wildman–Crippen MR) is 151 cm³/mol. The third-order valence-corrected chi connectivity index (χ3v) is 8.11. The summed E-state index contributed by atoms with van der Waals surface area (Å²) in [5, 5.41) is 9.99. The van der Waals surface area contributed by atoms with E-state index in [1.165, 1.54) is 0 Å². The maximum atomic E-state index is 13.5. The third-order valence-electron chi connectivity index (χ3n) is 7.22. The number of Topliss-reactive ketones (excluding diaryl/α,β-unsaturated/α-hetero) is 1. The number of nitrogens with zero attached hydrogens (tertiary/aromatic N) is 6. The fourth-order valence-electron chi connectivity index (χ4n) is 5.00. The average Bonchev–Trinajstić information content (AvgIpc) is 3.63. The molecule has 0 amide bonds. The van der Waals surface area contributed by atoms with E-state index >= 15 is 0 Å². The highest BCUT2D eigenvalue weighted by Crippen LogP contribution is 2.29. The molecule has 8 nitrogen and oxygen atoms in total. The minimum atomic E-state index is 0.155. The SMILES string of the molecule is CCN(CC)[C@@H](C)CCC(=O)c1cc(-c2cnn3ccc(-c4cccs4)nc23)nc(N2CCNCC2)c1. The maximum absolute atomic E-state index is 13.5. The van der Waals surface area contributed by atoms with Crippen molar-refractivity contribution in [1.29, 1.82) is 0 Å². The van der Waals surface area contributed by atoms with Crippen LogP contribution in [0, 0.1) is 0 Å². The van der Waals surface area contributed by atoms with Gasteiger partial charge in [0.1, 0.15) is 5.82 Å². The van der Waals surface area contributed by atoms with Crippen molar-refractivity contribution in [2.75, 3.05) is 44.2 Å². The lowest BCUT2D eigenvalue weighted by Crippen LogP contribution is -2.44. The number of thiophene rings is 1. The molecule has 4 aromatic heterocycles. The first-order valence-electron chi connectivity index (χ1n) is 13.2. The minimum Gasteiger partial charge on any atom is -0.354 e. The molecule has 0 aliphatic carbocycles. The van der Waals surface area contributed by atoms with Gasteiger partial charge < -0.3 is 15.1 Å². The van der Waals surface area contributed by atoms with Gasteiger partial charge in [0, 0.05) is 50.4 Å². The van der Waals surface area contributed by atoms with Crippen molar-refractivity contribution in [3.05, 3.63) is 53.7 Å². The standard InChI is InChI=1S/C28H35N7OS/c1-4-33(5-2)20(3)8-9-25(36)21-17-24(31-27(18-21)34-14-11-29-12-15-34)22-19-30-35-13-10-23(32-28(22)35)26-7-6-16-37-26/h6-7,10,13,16-20,29H,4-5,8-9,11-12,14-15H2,1-3H3/t20-/m0/s1. The van der Waals surface area contributed by atoms with Gasteiger partial charge in [0.2, 0.25) is 0 Å². The monoisotopic (exact) mass is 517 g/mol. The first-order chi connectivity index (χ1) is 18.1. The van der Waals surface area contributed by atoms with Crippen molar-refractivity contribution in [3.8, 4) is 21.8 Å². The molecule has 0 aromatic carbocycles. The zero-order valence-electron chi connectivity index (χ0n) is 21.9. The molecule has 1 aliphatic heterocycles. The average molecular weight is 518 g/mol. The summed E-state index contributed by atoms with van der Waals surface area (Å²) in [5.41, 5.74) is 3.93. The van der Waals surface area contributed by atoms with Gasteiger partial charge >= 0.3 is 0 Å². The van der Waals surface area contributed by atoms with E-state index in [-0.39, 0.29) is 5.78 Å². The van der Waals surface area contributed by atoms with Crippen LogP contribution in [0.15, 0.2) is 48.1 Å². The zero-order chi connectivity index (χ0) is 25.8. The number of carbonyl (C=O) groups is 1. The van der Waals surface area contributed by atoms with Crippen LogP contribution >= 0.6 is 11.3 Å². The zero-order valence-corrected chi connectivity index (χ0v) is 22.7. The summed E-state index contributed by atoms with van der Waals surface area (Å²) in [6.07, 6.45) is 5.09. The number of anilines is 1. The lowest BCUT2D eigenvalue weighted by molar-refractivity contribution is 0.0964. The van der Waals surface area contributed by atoms with Crippen LogP contribution in [0.3, 0.4) is 0 Å². The second kappa shape index (κ2) is 11.5. The number of ketones is 1. The van der Waals surface area contributed by atoms with Crippen LogP contribution in [0.1, 0.15) is 44.0 Å². The molecule has 4 aromatic rings. The lowest BCUT2D eigenvalue weighted by atomic mass is 10.0. The van der Waals surface area contributed by atoms with Crippen LogP contribution in [0.5, 0.6) is 0 Å². The number of hydrogen-bond acceptors (Lipinski definition) is 8. The number of pyridine rings is 1. The summed E-state index contributed by atoms with van der Waals surface area (Å²) in [7, 11) is 0. The van der Waals surface area contributed by atoms with Crippen LogP contribution < -0.4 is 10.2 Å². The Bertz CT molecular complexity index is 1340. The molecule has 1 atom stereocenters. The molecule has 0 unspecified atom stereocenters. The Morgan fingerprint density at radius 2 is 1.95 bits per heavy atom. The highest BCUT2D eigenvalue weighted by molar-refractivity contribution is 7.13. The van der Waals surface area contributed by atoms with Gasteiger partial charge in [-0.05, 0) is 56.1 Å².